The van der Waals surface area contributed by atoms with Crippen molar-refractivity contribution >= 4 is 17.0 Å². The molecule has 1 heterocycles. The molecule has 3 unspecified atom stereocenters. The van der Waals surface area contributed by atoms with Crippen molar-refractivity contribution in [1.82, 2.24) is 4.98 Å². The predicted molar refractivity (Wildman–Crippen MR) is 87.1 cm³/mol. The molecule has 0 bridgehead atoms. The van der Waals surface area contributed by atoms with Crippen molar-refractivity contribution in [3.63, 3.8) is 0 Å². The van der Waals surface area contributed by atoms with Crippen LogP contribution in [0.1, 0.15) is 33.1 Å². The third-order valence-corrected chi connectivity index (χ3v) is 5.17. The molecule has 2 aromatic rings. The van der Waals surface area contributed by atoms with E-state index in [9.17, 15) is 0 Å². The smallest absolute Gasteiger partial charge is 0.123 e. The van der Waals surface area contributed by atoms with Crippen LogP contribution >= 0.6 is 11.3 Å². The molecular formula is C17H22N2S. The zero-order valence-electron chi connectivity index (χ0n) is 12.2. The molecule has 1 aromatic carbocycles. The molecule has 3 heteroatoms. The highest BCUT2D eigenvalue weighted by molar-refractivity contribution is 7.13. The highest BCUT2D eigenvalue weighted by Gasteiger charge is 2.25. The average molecular weight is 286 g/mol. The first-order valence-electron chi connectivity index (χ1n) is 7.49. The molecule has 3 rings (SSSR count). The summed E-state index contributed by atoms with van der Waals surface area (Å²) in [4.78, 5) is 4.39. The largest absolute Gasteiger partial charge is 0.382 e. The van der Waals surface area contributed by atoms with Gasteiger partial charge >= 0.3 is 0 Å². The van der Waals surface area contributed by atoms with Gasteiger partial charge in [0.05, 0.1) is 0 Å². The number of hydrogen-bond donors (Lipinski definition) is 1. The van der Waals surface area contributed by atoms with Gasteiger partial charge in [0.25, 0.3) is 0 Å². The summed E-state index contributed by atoms with van der Waals surface area (Å²) in [6.45, 7) is 4.74. The van der Waals surface area contributed by atoms with Crippen LogP contribution < -0.4 is 5.32 Å². The van der Waals surface area contributed by atoms with E-state index in [0.717, 1.165) is 16.8 Å². The molecule has 1 aromatic heterocycles. The van der Waals surface area contributed by atoms with Gasteiger partial charge in [-0.2, -0.15) is 0 Å². The number of nitrogens with one attached hydrogen (secondary N) is 1. The van der Waals surface area contributed by atoms with Crippen molar-refractivity contribution in [2.75, 3.05) is 5.32 Å². The van der Waals surface area contributed by atoms with E-state index >= 15 is 0 Å². The molecule has 106 valence electrons. The Morgan fingerprint density at radius 1 is 1.25 bits per heavy atom. The van der Waals surface area contributed by atoms with Crippen LogP contribution in [0.5, 0.6) is 0 Å². The zero-order chi connectivity index (χ0) is 13.9. The van der Waals surface area contributed by atoms with Gasteiger partial charge in [0.15, 0.2) is 0 Å². The van der Waals surface area contributed by atoms with Crippen molar-refractivity contribution in [1.29, 1.82) is 0 Å². The molecule has 1 fully saturated rings. The van der Waals surface area contributed by atoms with Crippen LogP contribution in [-0.4, -0.2) is 11.0 Å². The lowest BCUT2D eigenvalue weighted by Gasteiger charge is -2.34. The zero-order valence-corrected chi connectivity index (χ0v) is 13.0. The fraction of sp³-hybridized carbons (Fsp3) is 0.471. The molecule has 1 aliphatic carbocycles. The average Bonchev–Trinajstić information content (AvgIpc) is 2.97. The Balaban J connectivity index is 1.76. The van der Waals surface area contributed by atoms with Gasteiger partial charge in [-0.1, -0.05) is 32.4 Å². The van der Waals surface area contributed by atoms with Crippen LogP contribution in [0.15, 0.2) is 35.8 Å². The third kappa shape index (κ3) is 3.04. The van der Waals surface area contributed by atoms with Crippen LogP contribution in [0, 0.1) is 11.8 Å². The van der Waals surface area contributed by atoms with Crippen molar-refractivity contribution in [2.24, 2.45) is 11.8 Å². The summed E-state index contributed by atoms with van der Waals surface area (Å²) in [7, 11) is 0. The van der Waals surface area contributed by atoms with Crippen molar-refractivity contribution in [2.45, 2.75) is 39.2 Å². The molecule has 0 aliphatic heterocycles. The Bertz CT molecular complexity index is 550. The molecule has 1 saturated carbocycles. The van der Waals surface area contributed by atoms with E-state index in [0.29, 0.717) is 6.04 Å². The van der Waals surface area contributed by atoms with Crippen LogP contribution in [0.4, 0.5) is 5.69 Å². The van der Waals surface area contributed by atoms with Gasteiger partial charge in [0, 0.05) is 28.9 Å². The maximum Gasteiger partial charge on any atom is 0.123 e. The molecule has 0 radical (unpaired) electrons. The SMILES string of the molecule is CC1CCC(C)C(Nc2cccc(-c3nccs3)c2)C1. The van der Waals surface area contributed by atoms with Crippen molar-refractivity contribution < 1.29 is 0 Å². The Morgan fingerprint density at radius 3 is 2.95 bits per heavy atom. The fourth-order valence-electron chi connectivity index (χ4n) is 3.06. The van der Waals surface area contributed by atoms with E-state index in [-0.39, 0.29) is 0 Å². The lowest BCUT2D eigenvalue weighted by atomic mass is 9.80. The molecule has 3 atom stereocenters. The fourth-order valence-corrected chi connectivity index (χ4v) is 3.69. The monoisotopic (exact) mass is 286 g/mol. The minimum Gasteiger partial charge on any atom is -0.382 e. The Hall–Kier alpha value is -1.35. The van der Waals surface area contributed by atoms with E-state index in [1.807, 2.05) is 11.6 Å². The van der Waals surface area contributed by atoms with Crippen molar-refractivity contribution in [3.05, 3.63) is 35.8 Å². The van der Waals surface area contributed by atoms with Gasteiger partial charge in [-0.3, -0.25) is 0 Å². The number of hydrogen-bond acceptors (Lipinski definition) is 3. The van der Waals surface area contributed by atoms with E-state index < -0.39 is 0 Å². The summed E-state index contributed by atoms with van der Waals surface area (Å²) in [5, 5.41) is 6.86. The number of anilines is 1. The van der Waals surface area contributed by atoms with Crippen LogP contribution in [-0.2, 0) is 0 Å². The van der Waals surface area contributed by atoms with Crippen LogP contribution in [0.3, 0.4) is 0 Å². The first-order valence-corrected chi connectivity index (χ1v) is 8.37. The van der Waals surface area contributed by atoms with Gasteiger partial charge in [-0.25, -0.2) is 4.98 Å². The second-order valence-electron chi connectivity index (χ2n) is 6.06. The topological polar surface area (TPSA) is 24.9 Å². The summed E-state index contributed by atoms with van der Waals surface area (Å²) >= 11 is 1.69. The van der Waals surface area contributed by atoms with Crippen LogP contribution in [0.2, 0.25) is 0 Å². The summed E-state index contributed by atoms with van der Waals surface area (Å²) in [6.07, 6.45) is 5.86. The molecule has 20 heavy (non-hydrogen) atoms. The van der Waals surface area contributed by atoms with Crippen molar-refractivity contribution in [3.8, 4) is 10.6 Å². The molecule has 0 saturated heterocycles. The highest BCUT2D eigenvalue weighted by Crippen LogP contribution is 2.31. The van der Waals surface area contributed by atoms with Gasteiger partial charge in [-0.05, 0) is 36.8 Å². The van der Waals surface area contributed by atoms with E-state index in [1.165, 1.54) is 30.5 Å². The highest BCUT2D eigenvalue weighted by atomic mass is 32.1. The van der Waals surface area contributed by atoms with Gasteiger partial charge < -0.3 is 5.32 Å². The molecule has 0 amide bonds. The summed E-state index contributed by atoms with van der Waals surface area (Å²) < 4.78 is 0. The minimum atomic E-state index is 0.602. The second kappa shape index (κ2) is 5.96. The van der Waals surface area contributed by atoms with Crippen LogP contribution in [0.25, 0.3) is 10.6 Å². The van der Waals surface area contributed by atoms with E-state index in [2.05, 4.69) is 48.4 Å². The molecule has 1 N–H and O–H groups in total. The third-order valence-electron chi connectivity index (χ3n) is 4.35. The van der Waals surface area contributed by atoms with Gasteiger partial charge in [-0.15, -0.1) is 11.3 Å². The number of aromatic nitrogens is 1. The first kappa shape index (κ1) is 13.6. The number of rotatable bonds is 3. The minimum absolute atomic E-state index is 0.602. The van der Waals surface area contributed by atoms with E-state index in [4.69, 9.17) is 0 Å². The Kier molecular flexibility index (Phi) is 4.06. The summed E-state index contributed by atoms with van der Waals surface area (Å²) in [5.41, 5.74) is 2.44. The number of nitrogens with zero attached hydrogens (tertiary/aromatic N) is 1. The lowest BCUT2D eigenvalue weighted by molar-refractivity contribution is 0.281. The standard InChI is InChI=1S/C17H22N2S/c1-12-6-7-13(2)16(10-12)19-15-5-3-4-14(11-15)17-18-8-9-20-17/h3-5,8-9,11-13,16,19H,6-7,10H2,1-2H3. The Morgan fingerprint density at radius 2 is 2.15 bits per heavy atom. The summed E-state index contributed by atoms with van der Waals surface area (Å²) in [5.74, 6) is 1.60. The number of benzene rings is 1. The quantitative estimate of drug-likeness (QED) is 0.854. The molecule has 0 spiro atoms. The molecule has 1 aliphatic rings. The molecule has 2 nitrogen and oxygen atoms in total. The van der Waals surface area contributed by atoms with Gasteiger partial charge in [0.1, 0.15) is 5.01 Å². The first-order chi connectivity index (χ1) is 9.72. The summed E-state index contributed by atoms with van der Waals surface area (Å²) in [6, 6.07) is 9.26. The predicted octanol–water partition coefficient (Wildman–Crippen LogP) is 5.05. The Labute approximate surface area is 125 Å². The normalized spacial score (nSPS) is 26.4. The maximum atomic E-state index is 4.39. The van der Waals surface area contributed by atoms with E-state index in [1.54, 1.807) is 11.3 Å². The lowest BCUT2D eigenvalue weighted by Crippen LogP contribution is -2.33. The second-order valence-corrected chi connectivity index (χ2v) is 6.96. The van der Waals surface area contributed by atoms with Gasteiger partial charge in [0.2, 0.25) is 0 Å². The number of thiazole rings is 1. The molecular weight excluding hydrogens is 264 g/mol. The maximum absolute atomic E-state index is 4.39.